The number of halogens is 1. The van der Waals surface area contributed by atoms with Crippen LogP contribution in [-0.2, 0) is 11.2 Å². The van der Waals surface area contributed by atoms with Crippen LogP contribution in [0.4, 0.5) is 0 Å². The van der Waals surface area contributed by atoms with Crippen molar-refractivity contribution in [1.29, 1.82) is 0 Å². The monoisotopic (exact) mass is 209 g/mol. The first-order valence-electron chi connectivity index (χ1n) is 4.72. The fourth-order valence-electron chi connectivity index (χ4n) is 1.98. The maximum absolute atomic E-state index is 10.9. The van der Waals surface area contributed by atoms with E-state index in [0.29, 0.717) is 0 Å². The van der Waals surface area contributed by atoms with E-state index in [9.17, 15) is 4.79 Å². The number of benzene rings is 1. The molecule has 1 aliphatic rings. The van der Waals surface area contributed by atoms with Gasteiger partial charge in [0, 0.05) is 11.9 Å². The van der Waals surface area contributed by atoms with Crippen LogP contribution in [-0.4, -0.2) is 5.91 Å². The van der Waals surface area contributed by atoms with Crippen LogP contribution in [0.15, 0.2) is 18.2 Å². The van der Waals surface area contributed by atoms with Gasteiger partial charge in [0.1, 0.15) is 0 Å². The summed E-state index contributed by atoms with van der Waals surface area (Å²) in [5.74, 6) is 0.0257. The molecule has 0 aromatic heterocycles. The van der Waals surface area contributed by atoms with Gasteiger partial charge in [-0.25, -0.2) is 0 Å². The first-order chi connectivity index (χ1) is 6.66. The number of nitrogens with one attached hydrogen (secondary N) is 1. The molecule has 1 N–H and O–H groups in total. The average molecular weight is 210 g/mol. The number of rotatable bonds is 1. The van der Waals surface area contributed by atoms with Gasteiger partial charge in [-0.1, -0.05) is 17.7 Å². The van der Waals surface area contributed by atoms with E-state index in [-0.39, 0.29) is 11.9 Å². The third kappa shape index (κ3) is 1.75. The Kier molecular flexibility index (Phi) is 2.46. The Morgan fingerprint density at radius 3 is 3.07 bits per heavy atom. The second kappa shape index (κ2) is 3.62. The molecular weight excluding hydrogens is 198 g/mol. The smallest absolute Gasteiger partial charge is 0.217 e. The Morgan fingerprint density at radius 2 is 2.36 bits per heavy atom. The van der Waals surface area contributed by atoms with Crippen LogP contribution in [0.1, 0.15) is 30.5 Å². The zero-order valence-electron chi connectivity index (χ0n) is 8.01. The maximum atomic E-state index is 10.9. The highest BCUT2D eigenvalue weighted by Gasteiger charge is 2.22. The van der Waals surface area contributed by atoms with E-state index >= 15 is 0 Å². The molecule has 0 aliphatic heterocycles. The maximum Gasteiger partial charge on any atom is 0.217 e. The van der Waals surface area contributed by atoms with Crippen LogP contribution in [0.25, 0.3) is 0 Å². The summed E-state index contributed by atoms with van der Waals surface area (Å²) >= 11 is 5.89. The summed E-state index contributed by atoms with van der Waals surface area (Å²) in [7, 11) is 0. The van der Waals surface area contributed by atoms with Crippen molar-refractivity contribution in [1.82, 2.24) is 5.32 Å². The van der Waals surface area contributed by atoms with Crippen LogP contribution in [0.5, 0.6) is 0 Å². The largest absolute Gasteiger partial charge is 0.350 e. The molecule has 1 amide bonds. The van der Waals surface area contributed by atoms with Crippen LogP contribution in [0, 0.1) is 0 Å². The van der Waals surface area contributed by atoms with E-state index in [1.165, 1.54) is 11.1 Å². The molecule has 0 heterocycles. The zero-order chi connectivity index (χ0) is 10.1. The predicted octanol–water partition coefficient (Wildman–Crippen LogP) is 2.46. The number of amides is 1. The van der Waals surface area contributed by atoms with E-state index in [2.05, 4.69) is 5.32 Å². The summed E-state index contributed by atoms with van der Waals surface area (Å²) in [6.07, 6.45) is 1.98. The number of carbonyl (C=O) groups is 1. The SMILES string of the molecule is CC(=O)N[C@@H]1CCc2cc(Cl)ccc21. The fraction of sp³-hybridized carbons (Fsp3) is 0.364. The normalized spacial score (nSPS) is 19.1. The molecule has 0 spiro atoms. The lowest BCUT2D eigenvalue weighted by Gasteiger charge is -2.12. The average Bonchev–Trinajstić information content (AvgIpc) is 2.47. The predicted molar refractivity (Wildman–Crippen MR) is 56.3 cm³/mol. The van der Waals surface area contributed by atoms with Crippen LogP contribution in [0.2, 0.25) is 5.02 Å². The number of carbonyl (C=O) groups excluding carboxylic acids is 1. The molecule has 0 unspecified atom stereocenters. The summed E-state index contributed by atoms with van der Waals surface area (Å²) in [6, 6.07) is 6.05. The molecule has 1 aromatic carbocycles. The van der Waals surface area contributed by atoms with Gasteiger partial charge >= 0.3 is 0 Å². The Morgan fingerprint density at radius 1 is 1.57 bits per heavy atom. The van der Waals surface area contributed by atoms with Gasteiger partial charge in [0.2, 0.25) is 5.91 Å². The van der Waals surface area contributed by atoms with E-state index in [0.717, 1.165) is 17.9 Å². The van der Waals surface area contributed by atoms with E-state index in [4.69, 9.17) is 11.6 Å². The second-order valence-corrected chi connectivity index (χ2v) is 4.07. The third-order valence-corrected chi connectivity index (χ3v) is 2.80. The molecule has 74 valence electrons. The Bertz CT molecular complexity index is 376. The van der Waals surface area contributed by atoms with Crippen molar-refractivity contribution in [2.75, 3.05) is 0 Å². The molecule has 1 aromatic rings. The van der Waals surface area contributed by atoms with Crippen LogP contribution >= 0.6 is 11.6 Å². The van der Waals surface area contributed by atoms with Gasteiger partial charge in [-0.05, 0) is 36.1 Å². The summed E-state index contributed by atoms with van der Waals surface area (Å²) in [4.78, 5) is 10.9. The molecule has 0 fully saturated rings. The van der Waals surface area contributed by atoms with Gasteiger partial charge in [0.25, 0.3) is 0 Å². The summed E-state index contributed by atoms with van der Waals surface area (Å²) < 4.78 is 0. The molecule has 0 bridgehead atoms. The molecule has 2 rings (SSSR count). The molecule has 0 saturated carbocycles. The minimum atomic E-state index is 0.0257. The minimum absolute atomic E-state index is 0.0257. The first-order valence-corrected chi connectivity index (χ1v) is 5.10. The van der Waals surface area contributed by atoms with Crippen molar-refractivity contribution in [3.8, 4) is 0 Å². The van der Waals surface area contributed by atoms with Crippen molar-refractivity contribution in [2.24, 2.45) is 0 Å². The quantitative estimate of drug-likeness (QED) is 0.757. The van der Waals surface area contributed by atoms with Crippen molar-refractivity contribution in [3.05, 3.63) is 34.3 Å². The topological polar surface area (TPSA) is 29.1 Å². The summed E-state index contributed by atoms with van der Waals surface area (Å²) in [5, 5.41) is 3.71. The highest BCUT2D eigenvalue weighted by molar-refractivity contribution is 6.30. The van der Waals surface area contributed by atoms with Gasteiger partial charge in [0.05, 0.1) is 6.04 Å². The molecule has 3 heteroatoms. The summed E-state index contributed by atoms with van der Waals surface area (Å²) in [6.45, 7) is 1.55. The fourth-order valence-corrected chi connectivity index (χ4v) is 2.18. The summed E-state index contributed by atoms with van der Waals surface area (Å²) in [5.41, 5.74) is 2.47. The number of aryl methyl sites for hydroxylation is 1. The third-order valence-electron chi connectivity index (χ3n) is 2.56. The van der Waals surface area contributed by atoms with Crippen LogP contribution in [0.3, 0.4) is 0 Å². The van der Waals surface area contributed by atoms with Gasteiger partial charge in [-0.15, -0.1) is 0 Å². The standard InChI is InChI=1S/C11H12ClNO/c1-7(14)13-11-5-2-8-6-9(12)3-4-10(8)11/h3-4,6,11H,2,5H2,1H3,(H,13,14)/t11-/m1/s1. The lowest BCUT2D eigenvalue weighted by Crippen LogP contribution is -2.24. The highest BCUT2D eigenvalue weighted by Crippen LogP contribution is 2.32. The molecule has 1 atom stereocenters. The van der Waals surface area contributed by atoms with Crippen molar-refractivity contribution in [2.45, 2.75) is 25.8 Å². The molecular formula is C11H12ClNO. The number of hydrogen-bond acceptors (Lipinski definition) is 1. The molecule has 0 radical (unpaired) electrons. The second-order valence-electron chi connectivity index (χ2n) is 3.63. The van der Waals surface area contributed by atoms with E-state index < -0.39 is 0 Å². The Hall–Kier alpha value is -1.02. The van der Waals surface area contributed by atoms with Gasteiger partial charge < -0.3 is 5.32 Å². The van der Waals surface area contributed by atoms with Gasteiger partial charge in [-0.3, -0.25) is 4.79 Å². The Balaban J connectivity index is 2.26. The highest BCUT2D eigenvalue weighted by atomic mass is 35.5. The van der Waals surface area contributed by atoms with E-state index in [1.807, 2.05) is 18.2 Å². The number of fused-ring (bicyclic) bond motifs is 1. The van der Waals surface area contributed by atoms with Crippen molar-refractivity contribution >= 4 is 17.5 Å². The van der Waals surface area contributed by atoms with Crippen LogP contribution < -0.4 is 5.32 Å². The van der Waals surface area contributed by atoms with E-state index in [1.54, 1.807) is 6.92 Å². The lowest BCUT2D eigenvalue weighted by molar-refractivity contribution is -0.119. The van der Waals surface area contributed by atoms with Crippen molar-refractivity contribution < 1.29 is 4.79 Å². The minimum Gasteiger partial charge on any atom is -0.350 e. The van der Waals surface area contributed by atoms with Crippen molar-refractivity contribution in [3.63, 3.8) is 0 Å². The molecule has 14 heavy (non-hydrogen) atoms. The Labute approximate surface area is 88.3 Å². The van der Waals surface area contributed by atoms with Gasteiger partial charge in [0.15, 0.2) is 0 Å². The zero-order valence-corrected chi connectivity index (χ0v) is 8.77. The molecule has 1 aliphatic carbocycles. The van der Waals surface area contributed by atoms with Gasteiger partial charge in [-0.2, -0.15) is 0 Å². The first kappa shape index (κ1) is 9.53. The molecule has 0 saturated heterocycles. The lowest BCUT2D eigenvalue weighted by atomic mass is 10.1. The molecule has 2 nitrogen and oxygen atoms in total. The number of hydrogen-bond donors (Lipinski definition) is 1.